The topological polar surface area (TPSA) is 82.5 Å². The van der Waals surface area contributed by atoms with Crippen LogP contribution in [-0.4, -0.2) is 52.5 Å². The highest BCUT2D eigenvalue weighted by Gasteiger charge is 2.59. The molecule has 2 saturated heterocycles. The van der Waals surface area contributed by atoms with Gasteiger partial charge in [0.05, 0.1) is 16.6 Å². The Bertz CT molecular complexity index is 698. The van der Waals surface area contributed by atoms with Gasteiger partial charge >= 0.3 is 0 Å². The van der Waals surface area contributed by atoms with Crippen molar-refractivity contribution in [2.24, 2.45) is 11.3 Å². The van der Waals surface area contributed by atoms with Gasteiger partial charge in [-0.3, -0.25) is 14.5 Å². The van der Waals surface area contributed by atoms with Crippen LogP contribution < -0.4 is 5.32 Å². The third-order valence-electron chi connectivity index (χ3n) is 6.27. The molecule has 1 aromatic heterocycles. The molecule has 2 bridgehead atoms. The molecule has 6 nitrogen and oxygen atoms in total. The largest absolute Gasteiger partial charge is 0.483 e. The minimum absolute atomic E-state index is 0.250. The predicted octanol–water partition coefficient (Wildman–Crippen LogP) is 3.10. The van der Waals surface area contributed by atoms with E-state index in [0.29, 0.717) is 12.1 Å². The Balaban J connectivity index is 0.000000706. The number of carboxylic acid groups (broad SMARTS) is 1. The van der Waals surface area contributed by atoms with Crippen molar-refractivity contribution >= 4 is 23.7 Å². The first-order valence-corrected chi connectivity index (χ1v) is 11.1. The quantitative estimate of drug-likeness (QED) is 0.538. The zero-order valence-electron chi connectivity index (χ0n) is 16.8. The van der Waals surface area contributed by atoms with Gasteiger partial charge in [-0.1, -0.05) is 11.6 Å². The molecule has 3 fully saturated rings. The normalized spacial score (nSPS) is 28.4. The molecule has 3 atom stereocenters. The molecule has 0 spiro atoms. The van der Waals surface area contributed by atoms with Crippen LogP contribution in [-0.2, 0) is 16.0 Å². The van der Waals surface area contributed by atoms with Gasteiger partial charge in [-0.25, -0.2) is 4.98 Å². The van der Waals surface area contributed by atoms with Gasteiger partial charge in [0.1, 0.15) is 0 Å². The maximum absolute atomic E-state index is 13.3. The second-order valence-corrected chi connectivity index (χ2v) is 9.22. The van der Waals surface area contributed by atoms with Crippen LogP contribution in [0.15, 0.2) is 22.5 Å². The molecule has 1 amide bonds. The van der Waals surface area contributed by atoms with Crippen molar-refractivity contribution in [2.75, 3.05) is 13.1 Å². The molecular weight excluding hydrogens is 374 g/mol. The van der Waals surface area contributed by atoms with Gasteiger partial charge in [-0.05, 0) is 51.9 Å². The molecule has 1 aliphatic carbocycles. The number of carbonyl (C=O) groups excluding carboxylic acids is 1. The highest BCUT2D eigenvalue weighted by atomic mass is 32.1. The number of carbonyl (C=O) groups is 2. The Morgan fingerprint density at radius 3 is 2.75 bits per heavy atom. The van der Waals surface area contributed by atoms with E-state index in [1.165, 1.54) is 24.8 Å². The summed E-state index contributed by atoms with van der Waals surface area (Å²) in [7, 11) is 0. The molecule has 3 heterocycles. The van der Waals surface area contributed by atoms with Crippen LogP contribution in [0.2, 0.25) is 0 Å². The summed E-state index contributed by atoms with van der Waals surface area (Å²) in [6, 6.07) is 0.903. The Morgan fingerprint density at radius 2 is 2.14 bits per heavy atom. The Morgan fingerprint density at radius 1 is 1.39 bits per heavy atom. The van der Waals surface area contributed by atoms with Crippen LogP contribution >= 0.6 is 11.3 Å². The summed E-state index contributed by atoms with van der Waals surface area (Å²) in [6.07, 6.45) is 9.02. The lowest BCUT2D eigenvalue weighted by Crippen LogP contribution is -2.51. The van der Waals surface area contributed by atoms with E-state index in [2.05, 4.69) is 40.5 Å². The molecule has 7 heteroatoms. The molecule has 28 heavy (non-hydrogen) atoms. The average Bonchev–Trinajstić information content (AvgIpc) is 3.07. The van der Waals surface area contributed by atoms with Gasteiger partial charge < -0.3 is 10.4 Å². The van der Waals surface area contributed by atoms with Crippen LogP contribution in [0.4, 0.5) is 0 Å². The predicted molar refractivity (Wildman–Crippen MR) is 110 cm³/mol. The first kappa shape index (κ1) is 21.0. The van der Waals surface area contributed by atoms with Crippen molar-refractivity contribution in [1.29, 1.82) is 0 Å². The summed E-state index contributed by atoms with van der Waals surface area (Å²) < 4.78 is 0. The monoisotopic (exact) mass is 405 g/mol. The molecule has 1 aromatic rings. The molecule has 0 unspecified atom stereocenters. The summed E-state index contributed by atoms with van der Waals surface area (Å²) in [4.78, 5) is 28.8. The number of hydrogen-bond acceptors (Lipinski definition) is 5. The molecule has 154 valence electrons. The van der Waals surface area contributed by atoms with Gasteiger partial charge in [0.25, 0.3) is 6.47 Å². The fourth-order valence-corrected chi connectivity index (χ4v) is 5.33. The van der Waals surface area contributed by atoms with E-state index in [0.717, 1.165) is 44.0 Å². The Labute approximate surface area is 171 Å². The number of thiazole rings is 1. The van der Waals surface area contributed by atoms with Crippen LogP contribution in [0, 0.1) is 11.3 Å². The number of allylic oxidation sites excluding steroid dienone is 1. The number of fused-ring (bicyclic) bond motifs is 2. The number of rotatable bonds is 7. The molecule has 3 aliphatic rings. The van der Waals surface area contributed by atoms with Crippen molar-refractivity contribution < 1.29 is 14.7 Å². The number of aromatic nitrogens is 1. The van der Waals surface area contributed by atoms with E-state index in [-0.39, 0.29) is 17.8 Å². The summed E-state index contributed by atoms with van der Waals surface area (Å²) >= 11 is 1.63. The lowest BCUT2D eigenvalue weighted by molar-refractivity contribution is -0.133. The van der Waals surface area contributed by atoms with Crippen molar-refractivity contribution in [1.82, 2.24) is 15.2 Å². The van der Waals surface area contributed by atoms with Crippen LogP contribution in [0.3, 0.4) is 0 Å². The van der Waals surface area contributed by atoms with Gasteiger partial charge in [0, 0.05) is 37.0 Å². The lowest BCUT2D eigenvalue weighted by atomic mass is 9.70. The third kappa shape index (κ3) is 4.63. The minimum Gasteiger partial charge on any atom is -0.483 e. The first-order valence-electron chi connectivity index (χ1n) is 10.1. The lowest BCUT2D eigenvalue weighted by Gasteiger charge is -2.36. The highest BCUT2D eigenvalue weighted by Crippen LogP contribution is 2.51. The van der Waals surface area contributed by atoms with E-state index >= 15 is 0 Å². The van der Waals surface area contributed by atoms with Gasteiger partial charge in [-0.15, -0.1) is 11.3 Å². The second kappa shape index (κ2) is 9.18. The molecular formula is C21H31N3O3S. The highest BCUT2D eigenvalue weighted by molar-refractivity contribution is 7.07. The SMILES string of the molecule is CC(C)=CCN1[C@@H]2CC[C@H]1[C@@](Cc1cscn1)(C(=O)NCC1CC1)C2.O=CO. The third-order valence-corrected chi connectivity index (χ3v) is 6.91. The molecule has 0 aromatic carbocycles. The summed E-state index contributed by atoms with van der Waals surface area (Å²) in [6.45, 7) is 5.90. The number of amides is 1. The zero-order valence-corrected chi connectivity index (χ0v) is 17.6. The van der Waals surface area contributed by atoms with Crippen molar-refractivity contribution in [3.05, 3.63) is 28.2 Å². The van der Waals surface area contributed by atoms with Gasteiger partial charge in [0.2, 0.25) is 5.91 Å². The fraction of sp³-hybridized carbons (Fsp3) is 0.667. The van der Waals surface area contributed by atoms with Crippen molar-refractivity contribution in [2.45, 2.75) is 64.5 Å². The Hall–Kier alpha value is -1.73. The van der Waals surface area contributed by atoms with E-state index in [9.17, 15) is 4.79 Å². The van der Waals surface area contributed by atoms with Crippen LogP contribution in [0.5, 0.6) is 0 Å². The second-order valence-electron chi connectivity index (χ2n) is 8.50. The molecule has 2 N–H and O–H groups in total. The zero-order chi connectivity index (χ0) is 20.1. The minimum atomic E-state index is -0.290. The van der Waals surface area contributed by atoms with Crippen LogP contribution in [0.25, 0.3) is 0 Å². The maximum Gasteiger partial charge on any atom is 0.290 e. The number of hydrogen-bond donors (Lipinski definition) is 2. The average molecular weight is 406 g/mol. The van der Waals surface area contributed by atoms with E-state index < -0.39 is 0 Å². The molecule has 1 saturated carbocycles. The molecule has 2 aliphatic heterocycles. The first-order chi connectivity index (χ1) is 13.5. The Kier molecular flexibility index (Phi) is 6.88. The van der Waals surface area contributed by atoms with E-state index in [1.54, 1.807) is 11.3 Å². The fourth-order valence-electron chi connectivity index (χ4n) is 4.77. The molecule has 0 radical (unpaired) electrons. The van der Waals surface area contributed by atoms with Crippen molar-refractivity contribution in [3.8, 4) is 0 Å². The summed E-state index contributed by atoms with van der Waals surface area (Å²) in [5.74, 6) is 1.00. The summed E-state index contributed by atoms with van der Waals surface area (Å²) in [5, 5.41) is 12.3. The maximum atomic E-state index is 13.3. The standard InChI is InChI=1S/C20H29N3OS.CH2O2/c1-14(2)7-8-23-17-5-6-18(23)20(10-17,9-16-12-25-13-22-16)19(24)21-11-15-3-4-15;2-1-3/h7,12-13,15,17-18H,3-6,8-11H2,1-2H3,(H,21,24);1H,(H,2,3)/t17-,18+,20+;/m1./s1. The van der Waals surface area contributed by atoms with Gasteiger partial charge in [-0.2, -0.15) is 0 Å². The van der Waals surface area contributed by atoms with E-state index in [1.807, 2.05) is 5.51 Å². The van der Waals surface area contributed by atoms with Crippen LogP contribution in [0.1, 0.15) is 51.6 Å². The summed E-state index contributed by atoms with van der Waals surface area (Å²) in [5.41, 5.74) is 4.04. The number of nitrogens with one attached hydrogen (secondary N) is 1. The van der Waals surface area contributed by atoms with E-state index in [4.69, 9.17) is 9.90 Å². The van der Waals surface area contributed by atoms with Crippen molar-refractivity contribution in [3.63, 3.8) is 0 Å². The number of nitrogens with zero attached hydrogens (tertiary/aromatic N) is 2. The molecule has 4 rings (SSSR count). The smallest absolute Gasteiger partial charge is 0.290 e. The van der Waals surface area contributed by atoms with Gasteiger partial charge in [0.15, 0.2) is 0 Å².